The zero-order chi connectivity index (χ0) is 18.0. The molecule has 0 aromatic heterocycles. The Bertz CT molecular complexity index is 884. The summed E-state index contributed by atoms with van der Waals surface area (Å²) in [7, 11) is 1.62. The molecular weight excluding hydrogens is 517 g/mol. The first-order chi connectivity index (χ1) is 12.0. The molecule has 3 rings (SSSR count). The van der Waals surface area contributed by atoms with Gasteiger partial charge in [0.1, 0.15) is 5.75 Å². The van der Waals surface area contributed by atoms with Crippen LogP contribution in [0.5, 0.6) is 5.75 Å². The third-order valence-electron chi connectivity index (χ3n) is 3.63. The number of halogens is 2. The lowest BCUT2D eigenvalue weighted by molar-refractivity contribution is -0.123. The fourth-order valence-corrected chi connectivity index (χ4v) is 4.37. The lowest BCUT2D eigenvalue weighted by atomic mass is 10.2. The molecule has 0 spiro atoms. The molecular formula is C18H13BrINO3S. The fourth-order valence-electron chi connectivity index (χ4n) is 2.36. The van der Waals surface area contributed by atoms with Crippen molar-refractivity contribution in [3.8, 4) is 5.75 Å². The molecule has 1 aliphatic rings. The van der Waals surface area contributed by atoms with Gasteiger partial charge in [-0.25, -0.2) is 0 Å². The maximum absolute atomic E-state index is 12.6. The number of carbonyl (C=O) groups is 2. The van der Waals surface area contributed by atoms with E-state index in [1.54, 1.807) is 13.2 Å². The molecule has 1 heterocycles. The maximum Gasteiger partial charge on any atom is 0.293 e. The number of ether oxygens (including phenoxy) is 1. The van der Waals surface area contributed by atoms with Gasteiger partial charge in [0.25, 0.3) is 11.1 Å². The molecule has 1 aliphatic heterocycles. The van der Waals surface area contributed by atoms with Crippen molar-refractivity contribution in [2.45, 2.75) is 6.54 Å². The average Bonchev–Trinajstić information content (AvgIpc) is 2.84. The number of imide groups is 1. The van der Waals surface area contributed by atoms with Crippen molar-refractivity contribution in [2.75, 3.05) is 7.11 Å². The highest BCUT2D eigenvalue weighted by atomic mass is 127. The van der Waals surface area contributed by atoms with Crippen LogP contribution in [0.1, 0.15) is 11.1 Å². The molecule has 2 aromatic carbocycles. The van der Waals surface area contributed by atoms with Crippen molar-refractivity contribution >= 4 is 67.5 Å². The van der Waals surface area contributed by atoms with Crippen LogP contribution in [-0.2, 0) is 11.3 Å². The van der Waals surface area contributed by atoms with Gasteiger partial charge in [0.15, 0.2) is 0 Å². The van der Waals surface area contributed by atoms with Crippen LogP contribution in [-0.4, -0.2) is 23.2 Å². The number of carbonyl (C=O) groups excluding carboxylic acids is 2. The Morgan fingerprint density at radius 3 is 2.68 bits per heavy atom. The Hall–Kier alpha value is -1.32. The predicted molar refractivity (Wildman–Crippen MR) is 111 cm³/mol. The third-order valence-corrected chi connectivity index (χ3v) is 6.16. The number of amides is 2. The van der Waals surface area contributed by atoms with E-state index in [9.17, 15) is 9.59 Å². The van der Waals surface area contributed by atoms with Crippen molar-refractivity contribution in [1.82, 2.24) is 4.90 Å². The topological polar surface area (TPSA) is 46.6 Å². The van der Waals surface area contributed by atoms with Crippen LogP contribution in [0.4, 0.5) is 4.79 Å². The summed E-state index contributed by atoms with van der Waals surface area (Å²) in [5.74, 6) is 0.511. The number of rotatable bonds is 4. The summed E-state index contributed by atoms with van der Waals surface area (Å²) >= 11 is 6.59. The van der Waals surface area contributed by atoms with E-state index in [0.717, 1.165) is 36.7 Å². The first-order valence-electron chi connectivity index (χ1n) is 7.32. The van der Waals surface area contributed by atoms with E-state index in [0.29, 0.717) is 4.91 Å². The highest BCUT2D eigenvalue weighted by Crippen LogP contribution is 2.34. The van der Waals surface area contributed by atoms with Crippen LogP contribution < -0.4 is 4.74 Å². The number of benzene rings is 2. The first-order valence-corrected chi connectivity index (χ1v) is 10.0. The molecule has 0 N–H and O–H groups in total. The van der Waals surface area contributed by atoms with Gasteiger partial charge < -0.3 is 4.74 Å². The van der Waals surface area contributed by atoms with Crippen molar-refractivity contribution in [2.24, 2.45) is 0 Å². The van der Waals surface area contributed by atoms with Gasteiger partial charge >= 0.3 is 0 Å². The van der Waals surface area contributed by atoms with Crippen molar-refractivity contribution in [3.63, 3.8) is 0 Å². The highest BCUT2D eigenvalue weighted by Gasteiger charge is 2.35. The number of hydrogen-bond acceptors (Lipinski definition) is 4. The van der Waals surface area contributed by atoms with Gasteiger partial charge in [-0.3, -0.25) is 14.5 Å². The van der Waals surface area contributed by atoms with Crippen molar-refractivity contribution in [1.29, 1.82) is 0 Å². The summed E-state index contributed by atoms with van der Waals surface area (Å²) in [4.78, 5) is 26.6. The van der Waals surface area contributed by atoms with E-state index >= 15 is 0 Å². The molecule has 4 nitrogen and oxygen atoms in total. The minimum Gasteiger partial charge on any atom is -0.496 e. The van der Waals surface area contributed by atoms with Crippen LogP contribution in [0, 0.1) is 3.57 Å². The standard InChI is InChI=1S/C18H13BrINO3S/c1-24-15-7-6-11(8-14(15)20)9-16-17(22)21(18(23)25-16)10-12-4-2-3-5-13(12)19/h2-9H,10H2,1H3/b16-9-. The van der Waals surface area contributed by atoms with Gasteiger partial charge in [-0.15, -0.1) is 0 Å². The Balaban J connectivity index is 1.83. The van der Waals surface area contributed by atoms with Crippen LogP contribution in [0.2, 0.25) is 0 Å². The third kappa shape index (κ3) is 4.09. The quantitative estimate of drug-likeness (QED) is 0.398. The van der Waals surface area contributed by atoms with Crippen LogP contribution in [0.15, 0.2) is 51.8 Å². The van der Waals surface area contributed by atoms with Crippen LogP contribution >= 0.6 is 50.3 Å². The van der Waals surface area contributed by atoms with Crippen LogP contribution in [0.3, 0.4) is 0 Å². The molecule has 25 heavy (non-hydrogen) atoms. The van der Waals surface area contributed by atoms with Gasteiger partial charge in [-0.1, -0.05) is 40.2 Å². The molecule has 2 aromatic rings. The molecule has 0 saturated carbocycles. The lowest BCUT2D eigenvalue weighted by Crippen LogP contribution is -2.27. The summed E-state index contributed by atoms with van der Waals surface area (Å²) in [6.45, 7) is 0.254. The summed E-state index contributed by atoms with van der Waals surface area (Å²) in [5, 5.41) is -0.254. The van der Waals surface area contributed by atoms with E-state index in [1.807, 2.05) is 42.5 Å². The summed E-state index contributed by atoms with van der Waals surface area (Å²) in [6.07, 6.45) is 1.74. The van der Waals surface area contributed by atoms with Gasteiger partial charge in [0.2, 0.25) is 0 Å². The molecule has 0 bridgehead atoms. The Morgan fingerprint density at radius 2 is 2.00 bits per heavy atom. The van der Waals surface area contributed by atoms with Gasteiger partial charge in [-0.05, 0) is 69.8 Å². The SMILES string of the molecule is COc1ccc(/C=C2\SC(=O)N(Cc3ccccc3Br)C2=O)cc1I. The Kier molecular flexibility index (Phi) is 5.85. The molecule has 2 amide bonds. The van der Waals surface area contributed by atoms with Gasteiger partial charge in [0.05, 0.1) is 22.1 Å². The average molecular weight is 530 g/mol. The first kappa shape index (κ1) is 18.5. The minimum absolute atomic E-state index is 0.254. The Labute approximate surface area is 171 Å². The smallest absolute Gasteiger partial charge is 0.293 e. The number of nitrogens with zero attached hydrogens (tertiary/aromatic N) is 1. The molecule has 0 unspecified atom stereocenters. The molecule has 0 atom stereocenters. The number of hydrogen-bond donors (Lipinski definition) is 0. The summed E-state index contributed by atoms with van der Waals surface area (Å²) < 4.78 is 7.06. The van der Waals surface area contributed by atoms with Crippen molar-refractivity contribution < 1.29 is 14.3 Å². The largest absolute Gasteiger partial charge is 0.496 e. The monoisotopic (exact) mass is 529 g/mol. The number of methoxy groups -OCH3 is 1. The fraction of sp³-hybridized carbons (Fsp3) is 0.111. The molecule has 1 saturated heterocycles. The molecule has 128 valence electrons. The molecule has 1 fully saturated rings. The predicted octanol–water partition coefficient (Wildman–Crippen LogP) is 5.30. The normalized spacial score (nSPS) is 16.0. The minimum atomic E-state index is -0.267. The van der Waals surface area contributed by atoms with Crippen molar-refractivity contribution in [3.05, 3.63) is 66.5 Å². The summed E-state index contributed by atoms with van der Waals surface area (Å²) in [5.41, 5.74) is 1.75. The number of thioether (sulfide) groups is 1. The second-order valence-corrected chi connectivity index (χ2v) is 8.26. The van der Waals surface area contributed by atoms with E-state index < -0.39 is 0 Å². The van der Waals surface area contributed by atoms with Gasteiger partial charge in [0, 0.05) is 4.47 Å². The van der Waals surface area contributed by atoms with Crippen LogP contribution in [0.25, 0.3) is 6.08 Å². The molecule has 7 heteroatoms. The second kappa shape index (κ2) is 7.92. The lowest BCUT2D eigenvalue weighted by Gasteiger charge is -2.13. The van der Waals surface area contributed by atoms with Gasteiger partial charge in [-0.2, -0.15) is 0 Å². The van der Waals surface area contributed by atoms with E-state index in [4.69, 9.17) is 4.74 Å². The molecule has 0 radical (unpaired) electrons. The van der Waals surface area contributed by atoms with E-state index in [1.165, 1.54) is 4.90 Å². The Morgan fingerprint density at radius 1 is 1.24 bits per heavy atom. The molecule has 0 aliphatic carbocycles. The second-order valence-electron chi connectivity index (χ2n) is 5.25. The summed E-state index contributed by atoms with van der Waals surface area (Å²) in [6, 6.07) is 13.2. The zero-order valence-corrected chi connectivity index (χ0v) is 17.7. The van der Waals surface area contributed by atoms with E-state index in [2.05, 4.69) is 38.5 Å². The van der Waals surface area contributed by atoms with E-state index in [-0.39, 0.29) is 17.7 Å². The maximum atomic E-state index is 12.6. The highest BCUT2D eigenvalue weighted by molar-refractivity contribution is 14.1. The zero-order valence-electron chi connectivity index (χ0n) is 13.2.